The van der Waals surface area contributed by atoms with Crippen molar-refractivity contribution in [3.8, 4) is 11.3 Å². The number of benzene rings is 1. The average molecular weight is 412 g/mol. The van der Waals surface area contributed by atoms with Gasteiger partial charge in [0, 0.05) is 11.5 Å². The minimum atomic E-state index is -0.662. The Labute approximate surface area is 178 Å². The lowest BCUT2D eigenvalue weighted by molar-refractivity contribution is 0.0862. The second kappa shape index (κ2) is 10.8. The zero-order valence-electron chi connectivity index (χ0n) is 17.8. The molecule has 6 nitrogen and oxygen atoms in total. The summed E-state index contributed by atoms with van der Waals surface area (Å²) in [7, 11) is 1.76. The van der Waals surface area contributed by atoms with E-state index in [1.807, 2.05) is 36.4 Å². The summed E-state index contributed by atoms with van der Waals surface area (Å²) in [4.78, 5) is 9.97. The molecule has 0 spiro atoms. The molecule has 1 heterocycles. The number of hydrogen-bond donors (Lipinski definition) is 4. The highest BCUT2D eigenvalue weighted by atomic mass is 16.3. The number of rotatable bonds is 9. The number of aliphatic hydroxyl groups excluding tert-OH is 3. The topological polar surface area (TPSA) is 98.5 Å². The normalized spacial score (nSPS) is 20.4. The molecule has 4 N–H and O–H groups in total. The van der Waals surface area contributed by atoms with Gasteiger partial charge in [-0.05, 0) is 44.7 Å². The molecule has 0 amide bonds. The van der Waals surface area contributed by atoms with Gasteiger partial charge in [-0.3, -0.25) is 5.32 Å². The van der Waals surface area contributed by atoms with Crippen molar-refractivity contribution >= 4 is 12.2 Å². The van der Waals surface area contributed by atoms with Crippen LogP contribution in [-0.4, -0.2) is 51.3 Å². The largest absolute Gasteiger partial charge is 0.394 e. The van der Waals surface area contributed by atoms with E-state index >= 15 is 0 Å². The van der Waals surface area contributed by atoms with Gasteiger partial charge in [0.2, 0.25) is 0 Å². The van der Waals surface area contributed by atoms with Crippen molar-refractivity contribution in [2.75, 3.05) is 13.7 Å². The molecule has 0 saturated carbocycles. The average Bonchev–Trinajstić information content (AvgIpc) is 2.94. The minimum absolute atomic E-state index is 0.0445. The van der Waals surface area contributed by atoms with Crippen LogP contribution in [0.3, 0.4) is 0 Å². The third kappa shape index (κ3) is 5.52. The third-order valence-corrected chi connectivity index (χ3v) is 5.83. The predicted octanol–water partition coefficient (Wildman–Crippen LogP) is 0.964. The number of nitrogens with one attached hydrogen (secondary N) is 1. The molecule has 0 aliphatic heterocycles. The second-order valence-corrected chi connectivity index (χ2v) is 8.13. The van der Waals surface area contributed by atoms with Gasteiger partial charge in [-0.1, -0.05) is 49.8 Å². The first kappa shape index (κ1) is 22.6. The van der Waals surface area contributed by atoms with Crippen molar-refractivity contribution in [3.63, 3.8) is 0 Å². The van der Waals surface area contributed by atoms with Crippen molar-refractivity contribution in [2.45, 2.75) is 51.4 Å². The van der Waals surface area contributed by atoms with Gasteiger partial charge in [0.15, 0.2) is 0 Å². The monoisotopic (exact) mass is 411 g/mol. The lowest BCUT2D eigenvalue weighted by Crippen LogP contribution is -2.38. The van der Waals surface area contributed by atoms with Gasteiger partial charge in [0.05, 0.1) is 34.8 Å². The van der Waals surface area contributed by atoms with E-state index in [0.29, 0.717) is 6.42 Å². The minimum Gasteiger partial charge on any atom is -0.394 e. The molecule has 1 aromatic heterocycles. The van der Waals surface area contributed by atoms with Crippen molar-refractivity contribution < 1.29 is 15.3 Å². The number of aromatic nitrogens is 2. The van der Waals surface area contributed by atoms with Crippen molar-refractivity contribution in [1.82, 2.24) is 15.3 Å². The fourth-order valence-electron chi connectivity index (χ4n) is 3.93. The number of fused-ring (bicyclic) bond motifs is 1. The molecule has 1 aromatic carbocycles. The van der Waals surface area contributed by atoms with E-state index in [-0.39, 0.29) is 18.4 Å². The smallest absolute Gasteiger partial charge is 0.111 e. The number of aliphatic hydroxyl groups is 3. The molecule has 3 rings (SSSR count). The van der Waals surface area contributed by atoms with E-state index in [1.165, 1.54) is 0 Å². The first-order valence-electron chi connectivity index (χ1n) is 10.8. The van der Waals surface area contributed by atoms with E-state index in [1.54, 1.807) is 7.05 Å². The van der Waals surface area contributed by atoms with Crippen LogP contribution < -0.4 is 16.0 Å². The van der Waals surface area contributed by atoms with Gasteiger partial charge >= 0.3 is 0 Å². The first-order valence-corrected chi connectivity index (χ1v) is 10.8. The molecule has 0 fully saturated rings. The molecule has 30 heavy (non-hydrogen) atoms. The maximum absolute atomic E-state index is 10.4. The summed E-state index contributed by atoms with van der Waals surface area (Å²) in [6, 6.07) is 10.1. The summed E-state index contributed by atoms with van der Waals surface area (Å²) in [6.45, 7) is 1.93. The summed E-state index contributed by atoms with van der Waals surface area (Å²) in [6.07, 6.45) is 6.69. The standard InChI is InChI=1S/C24H33N3O3/c1-16-12-13-20-22(14-19(16)24(30)25-2)26-21(11-7-6-10-18(29)15-28)23(27-20)17-8-4-3-5-9-17/h3-5,8-9,13-14,16,18-19,24-25,28-30H,6-7,10-12,15H2,1-2H3. The molecule has 6 heteroatoms. The summed E-state index contributed by atoms with van der Waals surface area (Å²) < 4.78 is 0. The highest BCUT2D eigenvalue weighted by molar-refractivity contribution is 5.61. The fourth-order valence-corrected chi connectivity index (χ4v) is 3.93. The van der Waals surface area contributed by atoms with Crippen LogP contribution in [0.15, 0.2) is 30.3 Å². The van der Waals surface area contributed by atoms with Crippen LogP contribution in [0.4, 0.5) is 0 Å². The van der Waals surface area contributed by atoms with Crippen LogP contribution in [0.1, 0.15) is 38.3 Å². The van der Waals surface area contributed by atoms with Crippen LogP contribution >= 0.6 is 0 Å². The Morgan fingerprint density at radius 1 is 1.10 bits per heavy atom. The Balaban J connectivity index is 1.99. The SMILES string of the molecule is CNC(O)C1C=c2nc(CCCCC(O)CO)c(-c3ccccc3)nc2=CCC1C. The van der Waals surface area contributed by atoms with Gasteiger partial charge < -0.3 is 15.3 Å². The van der Waals surface area contributed by atoms with Crippen LogP contribution in [0.2, 0.25) is 0 Å². The number of nitrogens with zero attached hydrogens (tertiary/aromatic N) is 2. The fraction of sp³-hybridized carbons (Fsp3) is 0.500. The maximum atomic E-state index is 10.4. The highest BCUT2D eigenvalue weighted by Gasteiger charge is 2.23. The summed E-state index contributed by atoms with van der Waals surface area (Å²) in [5.41, 5.74) is 2.85. The maximum Gasteiger partial charge on any atom is 0.111 e. The van der Waals surface area contributed by atoms with Crippen LogP contribution in [-0.2, 0) is 6.42 Å². The summed E-state index contributed by atoms with van der Waals surface area (Å²) >= 11 is 0. The van der Waals surface area contributed by atoms with E-state index in [2.05, 4.69) is 18.3 Å². The molecule has 2 aromatic rings. The summed E-state index contributed by atoms with van der Waals surface area (Å²) in [5.74, 6) is 0.226. The molecule has 0 saturated heterocycles. The molecule has 4 atom stereocenters. The van der Waals surface area contributed by atoms with Crippen molar-refractivity contribution in [2.24, 2.45) is 11.8 Å². The van der Waals surface area contributed by atoms with Crippen LogP contribution in [0.5, 0.6) is 0 Å². The van der Waals surface area contributed by atoms with E-state index in [9.17, 15) is 10.2 Å². The quantitative estimate of drug-likeness (QED) is 0.363. The number of unbranched alkanes of at least 4 members (excludes halogenated alkanes) is 1. The third-order valence-electron chi connectivity index (χ3n) is 5.83. The molecule has 1 aliphatic rings. The van der Waals surface area contributed by atoms with E-state index in [0.717, 1.165) is 53.3 Å². The zero-order valence-corrected chi connectivity index (χ0v) is 17.8. The Morgan fingerprint density at radius 2 is 1.87 bits per heavy atom. The molecule has 1 aliphatic carbocycles. The van der Waals surface area contributed by atoms with Crippen molar-refractivity contribution in [3.05, 3.63) is 46.7 Å². The highest BCUT2D eigenvalue weighted by Crippen LogP contribution is 2.23. The second-order valence-electron chi connectivity index (χ2n) is 8.13. The van der Waals surface area contributed by atoms with E-state index in [4.69, 9.17) is 15.1 Å². The predicted molar refractivity (Wildman–Crippen MR) is 119 cm³/mol. The number of hydrogen-bond acceptors (Lipinski definition) is 6. The van der Waals surface area contributed by atoms with E-state index < -0.39 is 12.3 Å². The number of aryl methyl sites for hydroxylation is 1. The lowest BCUT2D eigenvalue weighted by atomic mass is 9.90. The van der Waals surface area contributed by atoms with Crippen LogP contribution in [0.25, 0.3) is 23.4 Å². The summed E-state index contributed by atoms with van der Waals surface area (Å²) in [5, 5.41) is 33.6. The van der Waals surface area contributed by atoms with Crippen molar-refractivity contribution in [1.29, 1.82) is 0 Å². The Bertz CT molecular complexity index is 933. The molecule has 162 valence electrons. The Hall–Kier alpha value is -2.12. The van der Waals surface area contributed by atoms with Gasteiger partial charge in [0.1, 0.15) is 6.23 Å². The first-order chi connectivity index (χ1) is 14.5. The molecule has 0 bridgehead atoms. The lowest BCUT2D eigenvalue weighted by Gasteiger charge is -2.23. The molecule has 4 unspecified atom stereocenters. The van der Waals surface area contributed by atoms with Gasteiger partial charge in [0.25, 0.3) is 0 Å². The zero-order chi connectivity index (χ0) is 21.5. The van der Waals surface area contributed by atoms with Crippen LogP contribution in [0, 0.1) is 11.8 Å². The Kier molecular flexibility index (Phi) is 8.10. The molecular formula is C24H33N3O3. The molecule has 0 radical (unpaired) electrons. The van der Waals surface area contributed by atoms with Gasteiger partial charge in [-0.15, -0.1) is 0 Å². The van der Waals surface area contributed by atoms with Gasteiger partial charge in [-0.25, -0.2) is 9.97 Å². The molecular weight excluding hydrogens is 378 g/mol. The Morgan fingerprint density at radius 3 is 2.57 bits per heavy atom. The van der Waals surface area contributed by atoms with Gasteiger partial charge in [-0.2, -0.15) is 0 Å².